The summed E-state index contributed by atoms with van der Waals surface area (Å²) in [5, 5.41) is 16.7. The lowest BCUT2D eigenvalue weighted by atomic mass is 10.1. The molecule has 2 aromatic carbocycles. The van der Waals surface area contributed by atoms with Crippen LogP contribution in [0, 0.1) is 10.1 Å². The fourth-order valence-electron chi connectivity index (χ4n) is 2.24. The molecular formula is C17H18BrN3O4. The summed E-state index contributed by atoms with van der Waals surface area (Å²) in [4.78, 5) is 23.0. The predicted octanol–water partition coefficient (Wildman–Crippen LogP) is 3.27. The Balaban J connectivity index is 2.17. The molecule has 0 aliphatic rings. The first kappa shape index (κ1) is 19.0. The van der Waals surface area contributed by atoms with Gasteiger partial charge in [0, 0.05) is 30.3 Å². The number of non-ortho nitro benzene ring substituents is 1. The second-order valence-corrected chi connectivity index (χ2v) is 6.06. The highest BCUT2D eigenvalue weighted by Gasteiger charge is 2.21. The van der Waals surface area contributed by atoms with E-state index < -0.39 is 11.0 Å². The number of nitro benzene ring substituents is 1. The number of benzene rings is 2. The number of anilines is 1. The summed E-state index contributed by atoms with van der Waals surface area (Å²) in [7, 11) is 1.59. The molecule has 2 N–H and O–H groups in total. The maximum Gasteiger partial charge on any atom is 0.270 e. The van der Waals surface area contributed by atoms with Crippen LogP contribution in [0.4, 0.5) is 11.4 Å². The van der Waals surface area contributed by atoms with Gasteiger partial charge in [-0.15, -0.1) is 0 Å². The molecule has 2 aromatic rings. The Labute approximate surface area is 153 Å². The van der Waals surface area contributed by atoms with Crippen molar-refractivity contribution in [2.75, 3.05) is 25.6 Å². The Morgan fingerprint density at radius 1 is 1.28 bits per heavy atom. The van der Waals surface area contributed by atoms with Crippen LogP contribution >= 0.6 is 15.9 Å². The van der Waals surface area contributed by atoms with Crippen LogP contribution in [0.25, 0.3) is 0 Å². The molecule has 0 unspecified atom stereocenters. The number of ether oxygens (including phenoxy) is 1. The number of hydrogen-bond acceptors (Lipinski definition) is 5. The zero-order valence-corrected chi connectivity index (χ0v) is 15.2. The highest BCUT2D eigenvalue weighted by atomic mass is 79.9. The van der Waals surface area contributed by atoms with E-state index in [1.54, 1.807) is 7.11 Å². The van der Waals surface area contributed by atoms with Crippen LogP contribution in [0.5, 0.6) is 0 Å². The van der Waals surface area contributed by atoms with E-state index in [0.717, 1.165) is 5.56 Å². The number of rotatable bonds is 8. The molecule has 0 aliphatic carbocycles. The molecule has 0 radical (unpaired) electrons. The fraction of sp³-hybridized carbons (Fsp3) is 0.235. The summed E-state index contributed by atoms with van der Waals surface area (Å²) in [5.41, 5.74) is 1.22. The van der Waals surface area contributed by atoms with Crippen molar-refractivity contribution < 1.29 is 14.5 Å². The molecule has 7 nitrogen and oxygen atoms in total. The van der Waals surface area contributed by atoms with Gasteiger partial charge >= 0.3 is 0 Å². The minimum Gasteiger partial charge on any atom is -0.383 e. The maximum atomic E-state index is 12.7. The van der Waals surface area contributed by atoms with Gasteiger partial charge in [0.05, 0.1) is 17.2 Å². The summed E-state index contributed by atoms with van der Waals surface area (Å²) in [5.74, 6) is -0.267. The van der Waals surface area contributed by atoms with Crippen molar-refractivity contribution in [3.63, 3.8) is 0 Å². The average Bonchev–Trinajstić information content (AvgIpc) is 2.61. The minimum atomic E-state index is -0.571. The van der Waals surface area contributed by atoms with Crippen molar-refractivity contribution in [1.29, 1.82) is 0 Å². The first-order chi connectivity index (χ1) is 12.0. The molecule has 0 fully saturated rings. The first-order valence-corrected chi connectivity index (χ1v) is 8.34. The molecule has 8 heteroatoms. The van der Waals surface area contributed by atoms with Crippen LogP contribution in [0.3, 0.4) is 0 Å². The number of carbonyl (C=O) groups excluding carboxylic acids is 1. The fourth-order valence-corrected chi connectivity index (χ4v) is 2.70. The summed E-state index contributed by atoms with van der Waals surface area (Å²) in [6, 6.07) is 12.9. The van der Waals surface area contributed by atoms with E-state index in [4.69, 9.17) is 4.74 Å². The smallest absolute Gasteiger partial charge is 0.270 e. The first-order valence-electron chi connectivity index (χ1n) is 7.55. The summed E-state index contributed by atoms with van der Waals surface area (Å²) in [6.07, 6.45) is 0. The van der Waals surface area contributed by atoms with Crippen molar-refractivity contribution >= 4 is 33.2 Å². The Morgan fingerprint density at radius 2 is 2.00 bits per heavy atom. The normalized spacial score (nSPS) is 11.8. The Kier molecular flexibility index (Phi) is 7.05. The van der Waals surface area contributed by atoms with Gasteiger partial charge in [-0.25, -0.2) is 0 Å². The van der Waals surface area contributed by atoms with E-state index in [1.165, 1.54) is 18.2 Å². The second kappa shape index (κ2) is 9.26. The maximum absolute atomic E-state index is 12.7. The van der Waals surface area contributed by atoms with Gasteiger partial charge in [0.2, 0.25) is 5.91 Å². The number of carbonyl (C=O) groups is 1. The van der Waals surface area contributed by atoms with Gasteiger partial charge in [0.15, 0.2) is 0 Å². The molecule has 0 saturated carbocycles. The van der Waals surface area contributed by atoms with Crippen LogP contribution in [-0.2, 0) is 9.53 Å². The van der Waals surface area contributed by atoms with Crippen molar-refractivity contribution in [3.8, 4) is 0 Å². The van der Waals surface area contributed by atoms with Gasteiger partial charge in [0.1, 0.15) is 6.04 Å². The van der Waals surface area contributed by atoms with E-state index in [0.29, 0.717) is 23.3 Å². The summed E-state index contributed by atoms with van der Waals surface area (Å²) in [6.45, 7) is 0.975. The van der Waals surface area contributed by atoms with E-state index in [9.17, 15) is 14.9 Å². The van der Waals surface area contributed by atoms with E-state index in [-0.39, 0.29) is 11.6 Å². The van der Waals surface area contributed by atoms with Crippen LogP contribution < -0.4 is 10.6 Å². The molecule has 1 atom stereocenters. The molecule has 0 heterocycles. The van der Waals surface area contributed by atoms with Gasteiger partial charge in [-0.3, -0.25) is 20.2 Å². The van der Waals surface area contributed by atoms with Crippen LogP contribution in [-0.4, -0.2) is 31.1 Å². The number of nitrogens with one attached hydrogen (secondary N) is 2. The molecule has 0 aromatic heterocycles. The third-order valence-electron chi connectivity index (χ3n) is 3.47. The average molecular weight is 408 g/mol. The summed E-state index contributed by atoms with van der Waals surface area (Å²) >= 11 is 3.25. The lowest BCUT2D eigenvalue weighted by molar-refractivity contribution is -0.384. The van der Waals surface area contributed by atoms with Gasteiger partial charge in [0.25, 0.3) is 5.69 Å². The highest BCUT2D eigenvalue weighted by Crippen LogP contribution is 2.28. The molecule has 2 rings (SSSR count). The Morgan fingerprint density at radius 3 is 2.60 bits per heavy atom. The molecule has 25 heavy (non-hydrogen) atoms. The molecule has 0 saturated heterocycles. The summed E-state index contributed by atoms with van der Waals surface area (Å²) < 4.78 is 5.46. The number of hydrogen-bond donors (Lipinski definition) is 2. The van der Waals surface area contributed by atoms with Crippen molar-refractivity contribution in [2.45, 2.75) is 6.04 Å². The van der Waals surface area contributed by atoms with Crippen molar-refractivity contribution in [1.82, 2.24) is 5.32 Å². The van der Waals surface area contributed by atoms with E-state index in [2.05, 4.69) is 26.6 Å². The number of nitrogens with zero attached hydrogens (tertiary/aromatic N) is 1. The zero-order valence-electron chi connectivity index (χ0n) is 13.6. The number of amides is 1. The second-order valence-electron chi connectivity index (χ2n) is 5.20. The zero-order chi connectivity index (χ0) is 18.2. The van der Waals surface area contributed by atoms with E-state index in [1.807, 2.05) is 30.3 Å². The lowest BCUT2D eigenvalue weighted by Gasteiger charge is -2.19. The Hall–Kier alpha value is -2.29. The van der Waals surface area contributed by atoms with Crippen LogP contribution in [0.2, 0.25) is 0 Å². The lowest BCUT2D eigenvalue weighted by Crippen LogP contribution is -2.34. The SMILES string of the molecule is COCCN[C@@H](C(=O)Nc1ccc([N+](=O)[O-])cc1Br)c1ccccc1. The number of methoxy groups -OCH3 is 1. The number of halogens is 1. The Bertz CT molecular complexity index is 740. The minimum absolute atomic E-state index is 0.0531. The molecule has 1 amide bonds. The molecule has 0 bridgehead atoms. The molecular weight excluding hydrogens is 390 g/mol. The van der Waals surface area contributed by atoms with Gasteiger partial charge in [-0.2, -0.15) is 0 Å². The quantitative estimate of drug-likeness (QED) is 0.397. The molecule has 0 spiro atoms. The van der Waals surface area contributed by atoms with Gasteiger partial charge in [-0.1, -0.05) is 30.3 Å². The topological polar surface area (TPSA) is 93.5 Å². The van der Waals surface area contributed by atoms with Crippen LogP contribution in [0.1, 0.15) is 11.6 Å². The molecule has 0 aliphatic heterocycles. The van der Waals surface area contributed by atoms with Crippen molar-refractivity contribution in [3.05, 3.63) is 68.7 Å². The standard InChI is InChI=1S/C17H18BrN3O4/c1-25-10-9-19-16(12-5-3-2-4-6-12)17(22)20-15-8-7-13(21(23)24)11-14(15)18/h2-8,11,16,19H,9-10H2,1H3,(H,20,22)/t16-/m1/s1. The third kappa shape index (κ3) is 5.35. The van der Waals surface area contributed by atoms with Gasteiger partial charge < -0.3 is 10.1 Å². The third-order valence-corrected chi connectivity index (χ3v) is 4.13. The molecule has 132 valence electrons. The van der Waals surface area contributed by atoms with Crippen molar-refractivity contribution in [2.24, 2.45) is 0 Å². The van der Waals surface area contributed by atoms with Crippen LogP contribution in [0.15, 0.2) is 53.0 Å². The monoisotopic (exact) mass is 407 g/mol. The largest absolute Gasteiger partial charge is 0.383 e. The highest BCUT2D eigenvalue weighted by molar-refractivity contribution is 9.10. The number of nitro groups is 1. The van der Waals surface area contributed by atoms with E-state index >= 15 is 0 Å². The predicted molar refractivity (Wildman–Crippen MR) is 98.5 cm³/mol. The van der Waals surface area contributed by atoms with Gasteiger partial charge in [-0.05, 0) is 27.6 Å².